The van der Waals surface area contributed by atoms with Crippen molar-refractivity contribution in [2.45, 2.75) is 13.8 Å². The molecule has 4 aromatic rings. The van der Waals surface area contributed by atoms with E-state index in [4.69, 9.17) is 5.41 Å². The molecule has 2 aromatic heterocycles. The second-order valence-electron chi connectivity index (χ2n) is 7.09. The van der Waals surface area contributed by atoms with Crippen molar-refractivity contribution in [3.63, 3.8) is 0 Å². The highest BCUT2D eigenvalue weighted by atomic mass is 16.1. The lowest BCUT2D eigenvalue weighted by Gasteiger charge is -2.15. The van der Waals surface area contributed by atoms with Gasteiger partial charge in [0, 0.05) is 36.6 Å². The maximum Gasteiger partial charge on any atom is 0.209 e. The van der Waals surface area contributed by atoms with Crippen molar-refractivity contribution in [2.75, 3.05) is 5.32 Å². The summed E-state index contributed by atoms with van der Waals surface area (Å²) in [6.07, 6.45) is 6.49. The predicted molar refractivity (Wildman–Crippen MR) is 123 cm³/mol. The molecule has 7 nitrogen and oxygen atoms in total. The maximum atomic E-state index is 12.7. The summed E-state index contributed by atoms with van der Waals surface area (Å²) >= 11 is 0. The van der Waals surface area contributed by atoms with Crippen LogP contribution in [0.2, 0.25) is 0 Å². The highest BCUT2D eigenvalue weighted by Gasteiger charge is 2.14. The number of aromatic nitrogens is 4. The second-order valence-corrected chi connectivity index (χ2v) is 7.09. The number of nitrogens with one attached hydrogen (secondary N) is 2. The fourth-order valence-corrected chi connectivity index (χ4v) is 3.26. The minimum atomic E-state index is -0.221. The van der Waals surface area contributed by atoms with E-state index in [1.54, 1.807) is 28.7 Å². The molecule has 0 bridgehead atoms. The summed E-state index contributed by atoms with van der Waals surface area (Å²) in [5.41, 5.74) is 4.74. The van der Waals surface area contributed by atoms with E-state index in [-0.39, 0.29) is 11.1 Å². The van der Waals surface area contributed by atoms with Crippen molar-refractivity contribution in [3.05, 3.63) is 106 Å². The predicted octanol–water partition coefficient (Wildman–Crippen LogP) is 4.22. The van der Waals surface area contributed by atoms with Gasteiger partial charge in [-0.15, -0.1) is 0 Å². The first-order valence-electron chi connectivity index (χ1n) is 9.81. The lowest BCUT2D eigenvalue weighted by atomic mass is 10.1. The van der Waals surface area contributed by atoms with E-state index in [2.05, 4.69) is 15.5 Å². The molecule has 2 heterocycles. The zero-order valence-corrected chi connectivity index (χ0v) is 17.3. The molecule has 0 spiro atoms. The summed E-state index contributed by atoms with van der Waals surface area (Å²) in [5, 5.41) is 19.8. The number of allylic oxidation sites excluding steroid dienone is 1. The zero-order valence-electron chi connectivity index (χ0n) is 17.3. The molecule has 4 rings (SSSR count). The van der Waals surface area contributed by atoms with Crippen LogP contribution in [0, 0.1) is 12.3 Å². The average Bonchev–Trinajstić information content (AvgIpc) is 3.33. The van der Waals surface area contributed by atoms with E-state index in [9.17, 15) is 4.79 Å². The van der Waals surface area contributed by atoms with E-state index in [1.807, 2.05) is 67.7 Å². The number of nitrogens with zero attached hydrogens (tertiary/aromatic N) is 4. The Labute approximate surface area is 179 Å². The normalized spacial score (nSPS) is 11.7. The van der Waals surface area contributed by atoms with Crippen LogP contribution in [0.3, 0.4) is 0 Å². The molecule has 2 aromatic carbocycles. The summed E-state index contributed by atoms with van der Waals surface area (Å²) in [6.45, 7) is 3.77. The van der Waals surface area contributed by atoms with E-state index < -0.39 is 0 Å². The summed E-state index contributed by atoms with van der Waals surface area (Å²) in [5.74, 6) is 0. The molecule has 0 aliphatic heterocycles. The third-order valence-corrected chi connectivity index (χ3v) is 4.90. The quantitative estimate of drug-likeness (QED) is 0.466. The Morgan fingerprint density at radius 3 is 2.52 bits per heavy atom. The Morgan fingerprint density at radius 2 is 1.84 bits per heavy atom. The van der Waals surface area contributed by atoms with Crippen LogP contribution >= 0.6 is 0 Å². The summed E-state index contributed by atoms with van der Waals surface area (Å²) in [4.78, 5) is 12.7. The second kappa shape index (κ2) is 8.62. The van der Waals surface area contributed by atoms with Gasteiger partial charge in [0.2, 0.25) is 5.43 Å². The molecule has 7 heteroatoms. The van der Waals surface area contributed by atoms with Crippen LogP contribution in [0.25, 0.3) is 17.1 Å². The van der Waals surface area contributed by atoms with Crippen LogP contribution in [0.5, 0.6) is 0 Å². The van der Waals surface area contributed by atoms with Gasteiger partial charge in [-0.3, -0.25) is 4.79 Å². The third-order valence-electron chi connectivity index (χ3n) is 4.90. The largest absolute Gasteiger partial charge is 0.353 e. The molecule has 0 aliphatic rings. The molecule has 0 saturated heterocycles. The number of hydrogen-bond acceptors (Lipinski definition) is 5. The number of rotatable bonds is 6. The minimum absolute atomic E-state index is 0.221. The van der Waals surface area contributed by atoms with Gasteiger partial charge in [-0.05, 0) is 61.4 Å². The van der Waals surface area contributed by atoms with Crippen LogP contribution in [0.1, 0.15) is 18.2 Å². The molecule has 0 saturated carbocycles. The monoisotopic (exact) mass is 410 g/mol. The lowest BCUT2D eigenvalue weighted by molar-refractivity contribution is 0.815. The highest BCUT2D eigenvalue weighted by molar-refractivity contribution is 5.92. The van der Waals surface area contributed by atoms with Crippen LogP contribution in [-0.2, 0) is 0 Å². The number of benzene rings is 2. The first kappa shape index (κ1) is 20.0. The van der Waals surface area contributed by atoms with E-state index in [1.165, 1.54) is 12.3 Å². The standard InChI is InChI=1S/C24H22N6O/c1-17-15-20(29-13-6-12-26-29)9-10-21(17)30-14-11-22(31)24(28-30)23(18(2)16-25)27-19-7-4-3-5-8-19/h3-16,25,27H,1-2H3/b23-18-,25-16?. The topological polar surface area (TPSA) is 88.6 Å². The Hall–Kier alpha value is -4.26. The molecular formula is C24H22N6O. The van der Waals surface area contributed by atoms with Crippen molar-refractivity contribution >= 4 is 17.6 Å². The number of para-hydroxylation sites is 1. The van der Waals surface area contributed by atoms with E-state index in [0.29, 0.717) is 11.3 Å². The minimum Gasteiger partial charge on any atom is -0.353 e. The molecule has 0 radical (unpaired) electrons. The van der Waals surface area contributed by atoms with Gasteiger partial charge >= 0.3 is 0 Å². The van der Waals surface area contributed by atoms with Gasteiger partial charge in [-0.2, -0.15) is 10.2 Å². The average molecular weight is 410 g/mol. The number of hydrogen-bond donors (Lipinski definition) is 2. The van der Waals surface area contributed by atoms with Crippen molar-refractivity contribution < 1.29 is 0 Å². The van der Waals surface area contributed by atoms with Crippen molar-refractivity contribution in [1.29, 1.82) is 5.41 Å². The zero-order chi connectivity index (χ0) is 21.8. The molecule has 154 valence electrons. The van der Waals surface area contributed by atoms with E-state index in [0.717, 1.165) is 22.6 Å². The highest BCUT2D eigenvalue weighted by Crippen LogP contribution is 2.20. The number of aryl methyl sites for hydroxylation is 1. The van der Waals surface area contributed by atoms with Crippen molar-refractivity contribution in [1.82, 2.24) is 19.6 Å². The van der Waals surface area contributed by atoms with Gasteiger partial charge in [0.25, 0.3) is 0 Å². The van der Waals surface area contributed by atoms with Crippen LogP contribution < -0.4 is 10.7 Å². The van der Waals surface area contributed by atoms with Gasteiger partial charge in [-0.25, -0.2) is 9.36 Å². The Kier molecular flexibility index (Phi) is 5.57. The Bertz CT molecular complexity index is 1300. The van der Waals surface area contributed by atoms with Gasteiger partial charge in [0.1, 0.15) is 0 Å². The van der Waals surface area contributed by atoms with Crippen LogP contribution in [-0.4, -0.2) is 25.8 Å². The molecule has 0 atom stereocenters. The Balaban J connectivity index is 1.77. The summed E-state index contributed by atoms with van der Waals surface area (Å²) in [6, 6.07) is 18.8. The maximum absolute atomic E-state index is 12.7. The van der Waals surface area contributed by atoms with Crippen LogP contribution in [0.4, 0.5) is 5.69 Å². The fraction of sp³-hybridized carbons (Fsp3) is 0.0833. The lowest BCUT2D eigenvalue weighted by Crippen LogP contribution is -2.19. The Morgan fingerprint density at radius 1 is 1.03 bits per heavy atom. The third kappa shape index (κ3) is 4.20. The molecule has 2 N–H and O–H groups in total. The first-order chi connectivity index (χ1) is 15.1. The molecule has 0 fully saturated rings. The molecule has 31 heavy (non-hydrogen) atoms. The van der Waals surface area contributed by atoms with Gasteiger partial charge < -0.3 is 10.7 Å². The molecule has 0 amide bonds. The van der Waals surface area contributed by atoms with Gasteiger partial charge in [0.15, 0.2) is 5.69 Å². The van der Waals surface area contributed by atoms with Crippen molar-refractivity contribution in [2.24, 2.45) is 0 Å². The van der Waals surface area contributed by atoms with E-state index >= 15 is 0 Å². The fourth-order valence-electron chi connectivity index (χ4n) is 3.26. The molecular weight excluding hydrogens is 388 g/mol. The van der Waals surface area contributed by atoms with Gasteiger partial charge in [-0.1, -0.05) is 18.2 Å². The van der Waals surface area contributed by atoms with Crippen LogP contribution in [0.15, 0.2) is 89.6 Å². The molecule has 0 unspecified atom stereocenters. The van der Waals surface area contributed by atoms with Gasteiger partial charge in [0.05, 0.1) is 17.1 Å². The molecule has 0 aliphatic carbocycles. The smallest absolute Gasteiger partial charge is 0.209 e. The number of anilines is 1. The summed E-state index contributed by atoms with van der Waals surface area (Å²) < 4.78 is 3.47. The first-order valence-corrected chi connectivity index (χ1v) is 9.81. The summed E-state index contributed by atoms with van der Waals surface area (Å²) in [7, 11) is 0. The SMILES string of the molecule is C/C(C=N)=C(/Nc1ccccc1)c1nn(-c2ccc(-n3cccn3)cc2C)ccc1=O. The van der Waals surface area contributed by atoms with Crippen molar-refractivity contribution in [3.8, 4) is 11.4 Å².